The fraction of sp³-hybridized carbons (Fsp3) is 0.524. The lowest BCUT2D eigenvalue weighted by atomic mass is 9.83. The summed E-state index contributed by atoms with van der Waals surface area (Å²) in [5.74, 6) is -3.47. The molecule has 7 nitrogen and oxygen atoms in total. The molecule has 0 aromatic heterocycles. The number of benzene rings is 1. The van der Waals surface area contributed by atoms with Crippen LogP contribution < -0.4 is 16.4 Å². The van der Waals surface area contributed by atoms with Crippen molar-refractivity contribution in [3.8, 4) is 0 Å². The second-order valence-corrected chi connectivity index (χ2v) is 7.83. The van der Waals surface area contributed by atoms with Crippen LogP contribution in [0.15, 0.2) is 30.3 Å². The molecular weight excluding hydrogens is 394 g/mol. The summed E-state index contributed by atoms with van der Waals surface area (Å²) in [6.45, 7) is 1.57. The average Bonchev–Trinajstić information content (AvgIpc) is 3.28. The van der Waals surface area contributed by atoms with Gasteiger partial charge in [-0.05, 0) is 24.3 Å². The minimum absolute atomic E-state index is 0. The van der Waals surface area contributed by atoms with Crippen LogP contribution in [0.1, 0.15) is 50.6 Å². The van der Waals surface area contributed by atoms with E-state index in [-0.39, 0.29) is 36.4 Å². The summed E-state index contributed by atoms with van der Waals surface area (Å²) in [6, 6.07) is 8.06. The van der Waals surface area contributed by atoms with E-state index in [1.54, 1.807) is 6.92 Å². The fourth-order valence-electron chi connectivity index (χ4n) is 4.22. The third-order valence-electron chi connectivity index (χ3n) is 5.88. The van der Waals surface area contributed by atoms with Crippen molar-refractivity contribution in [3.05, 3.63) is 35.9 Å². The van der Waals surface area contributed by atoms with E-state index in [1.807, 2.05) is 30.3 Å². The Hall–Kier alpha value is -2.25. The first-order valence-corrected chi connectivity index (χ1v) is 9.86. The predicted octanol–water partition coefficient (Wildman–Crippen LogP) is 1.65. The number of carbonyl (C=O) groups is 4. The number of Topliss-reactive ketones (excluding diaryl/α,β-unsaturated/α-hetero) is 1. The molecule has 1 saturated heterocycles. The lowest BCUT2D eigenvalue weighted by molar-refractivity contribution is -0.137. The normalized spacial score (nSPS) is 23.8. The van der Waals surface area contributed by atoms with Crippen LogP contribution in [0.2, 0.25) is 0 Å². The number of rotatable bonds is 7. The van der Waals surface area contributed by atoms with Crippen LogP contribution in [-0.2, 0) is 19.2 Å². The number of halogens is 1. The zero-order chi connectivity index (χ0) is 20.3. The van der Waals surface area contributed by atoms with E-state index in [9.17, 15) is 19.2 Å². The Balaban J connectivity index is 0.00000300. The van der Waals surface area contributed by atoms with Crippen LogP contribution in [0.5, 0.6) is 0 Å². The molecule has 0 bridgehead atoms. The SMILES string of the molecule is C[C@@H]1C(=O)NC(=O)[C@H]1C(=O)[C@@H](NC(=O)C[C@H](N)c1ccccc1)C1CCCC1.Cl. The van der Waals surface area contributed by atoms with Crippen LogP contribution in [-0.4, -0.2) is 29.5 Å². The molecule has 0 unspecified atom stereocenters. The number of nitrogens with two attached hydrogens (primary N) is 1. The Morgan fingerprint density at radius 3 is 2.31 bits per heavy atom. The third kappa shape index (κ3) is 5.22. The van der Waals surface area contributed by atoms with E-state index in [0.717, 1.165) is 31.2 Å². The summed E-state index contributed by atoms with van der Waals surface area (Å²) in [6.07, 6.45) is 3.65. The highest BCUT2D eigenvalue weighted by molar-refractivity contribution is 6.16. The van der Waals surface area contributed by atoms with Gasteiger partial charge in [0.05, 0.1) is 12.0 Å². The van der Waals surface area contributed by atoms with Gasteiger partial charge in [-0.1, -0.05) is 50.1 Å². The second kappa shape index (κ2) is 9.98. The number of hydrogen-bond donors (Lipinski definition) is 3. The second-order valence-electron chi connectivity index (χ2n) is 7.83. The highest BCUT2D eigenvalue weighted by Gasteiger charge is 2.47. The van der Waals surface area contributed by atoms with Gasteiger partial charge in [0.1, 0.15) is 5.92 Å². The largest absolute Gasteiger partial charge is 0.346 e. The highest BCUT2D eigenvalue weighted by atomic mass is 35.5. The molecule has 8 heteroatoms. The zero-order valence-electron chi connectivity index (χ0n) is 16.4. The van der Waals surface area contributed by atoms with Gasteiger partial charge in [0.25, 0.3) is 0 Å². The summed E-state index contributed by atoms with van der Waals surface area (Å²) in [4.78, 5) is 49.7. The topological polar surface area (TPSA) is 118 Å². The molecule has 1 aromatic rings. The van der Waals surface area contributed by atoms with E-state index in [2.05, 4.69) is 10.6 Å². The van der Waals surface area contributed by atoms with Gasteiger partial charge in [-0.3, -0.25) is 24.5 Å². The Kier molecular flexibility index (Phi) is 7.93. The van der Waals surface area contributed by atoms with Gasteiger partial charge in [-0.15, -0.1) is 12.4 Å². The first-order valence-electron chi connectivity index (χ1n) is 9.86. The van der Waals surface area contributed by atoms with Gasteiger partial charge in [0, 0.05) is 12.5 Å². The van der Waals surface area contributed by atoms with Crippen molar-refractivity contribution in [2.24, 2.45) is 23.5 Å². The van der Waals surface area contributed by atoms with Crippen molar-refractivity contribution in [2.75, 3.05) is 0 Å². The molecule has 0 radical (unpaired) electrons. The van der Waals surface area contributed by atoms with Crippen molar-refractivity contribution >= 4 is 35.9 Å². The number of hydrogen-bond acceptors (Lipinski definition) is 5. The van der Waals surface area contributed by atoms with Crippen LogP contribution >= 0.6 is 12.4 Å². The first-order chi connectivity index (χ1) is 13.4. The average molecular weight is 422 g/mol. The Morgan fingerprint density at radius 1 is 1.14 bits per heavy atom. The number of amides is 3. The van der Waals surface area contributed by atoms with Gasteiger partial charge in [-0.2, -0.15) is 0 Å². The van der Waals surface area contributed by atoms with Crippen LogP contribution in [0, 0.1) is 17.8 Å². The molecule has 1 aromatic carbocycles. The molecular formula is C21H28ClN3O4. The first kappa shape index (κ1) is 23.0. The lowest BCUT2D eigenvalue weighted by Crippen LogP contribution is -2.50. The fourth-order valence-corrected chi connectivity index (χ4v) is 4.22. The Bertz CT molecular complexity index is 764. The van der Waals surface area contributed by atoms with Crippen LogP contribution in [0.25, 0.3) is 0 Å². The predicted molar refractivity (Wildman–Crippen MR) is 110 cm³/mol. The van der Waals surface area contributed by atoms with Crippen LogP contribution in [0.4, 0.5) is 0 Å². The summed E-state index contributed by atoms with van der Waals surface area (Å²) >= 11 is 0. The van der Waals surface area contributed by atoms with E-state index in [4.69, 9.17) is 5.73 Å². The lowest BCUT2D eigenvalue weighted by Gasteiger charge is -2.26. The molecule has 4 atom stereocenters. The summed E-state index contributed by atoms with van der Waals surface area (Å²) < 4.78 is 0. The van der Waals surface area contributed by atoms with E-state index < -0.39 is 35.7 Å². The van der Waals surface area contributed by atoms with Crippen LogP contribution in [0.3, 0.4) is 0 Å². The smallest absolute Gasteiger partial charge is 0.238 e. The molecule has 3 rings (SSSR count). The number of nitrogens with one attached hydrogen (secondary N) is 2. The molecule has 4 N–H and O–H groups in total. The highest BCUT2D eigenvalue weighted by Crippen LogP contribution is 2.32. The van der Waals surface area contributed by atoms with Gasteiger partial charge in [0.2, 0.25) is 17.7 Å². The maximum Gasteiger partial charge on any atom is 0.238 e. The Labute approximate surface area is 176 Å². The number of imide groups is 1. The quantitative estimate of drug-likeness (QED) is 0.457. The van der Waals surface area contributed by atoms with Crippen molar-refractivity contribution in [1.29, 1.82) is 0 Å². The monoisotopic (exact) mass is 421 g/mol. The van der Waals surface area contributed by atoms with E-state index in [1.165, 1.54) is 0 Å². The molecule has 29 heavy (non-hydrogen) atoms. The number of ketones is 1. The third-order valence-corrected chi connectivity index (χ3v) is 5.88. The van der Waals surface area contributed by atoms with Gasteiger partial charge < -0.3 is 11.1 Å². The van der Waals surface area contributed by atoms with Gasteiger partial charge >= 0.3 is 0 Å². The summed E-state index contributed by atoms with van der Waals surface area (Å²) in [7, 11) is 0. The van der Waals surface area contributed by atoms with Crippen molar-refractivity contribution in [3.63, 3.8) is 0 Å². The minimum atomic E-state index is -1.04. The molecule has 2 aliphatic rings. The van der Waals surface area contributed by atoms with Gasteiger partial charge in [-0.25, -0.2) is 0 Å². The number of carbonyl (C=O) groups excluding carboxylic acids is 4. The molecule has 3 amide bonds. The zero-order valence-corrected chi connectivity index (χ0v) is 17.2. The molecule has 1 heterocycles. The molecule has 1 aliphatic carbocycles. The maximum absolute atomic E-state index is 13.1. The van der Waals surface area contributed by atoms with Crippen molar-refractivity contribution < 1.29 is 19.2 Å². The minimum Gasteiger partial charge on any atom is -0.346 e. The Morgan fingerprint density at radius 2 is 1.76 bits per heavy atom. The summed E-state index contributed by atoms with van der Waals surface area (Å²) in [5, 5.41) is 5.05. The molecule has 0 spiro atoms. The maximum atomic E-state index is 13.1. The van der Waals surface area contributed by atoms with Crippen molar-refractivity contribution in [1.82, 2.24) is 10.6 Å². The molecule has 158 valence electrons. The van der Waals surface area contributed by atoms with Crippen molar-refractivity contribution in [2.45, 2.75) is 51.1 Å². The standard InChI is InChI=1S/C21H27N3O4.ClH/c1-12-17(21(28)24-20(12)27)19(26)18(14-9-5-6-10-14)23-16(25)11-15(22)13-7-3-2-4-8-13;/h2-4,7-8,12,14-15,17-18H,5-6,9-11,22H2,1H3,(H,23,25)(H,24,27,28);1H/t12-,15-,17+,18-;/m0./s1. The summed E-state index contributed by atoms with van der Waals surface area (Å²) in [5.41, 5.74) is 6.97. The molecule has 1 saturated carbocycles. The van der Waals surface area contributed by atoms with E-state index in [0.29, 0.717) is 0 Å². The molecule has 1 aliphatic heterocycles. The molecule has 2 fully saturated rings. The van der Waals surface area contributed by atoms with Gasteiger partial charge in [0.15, 0.2) is 5.78 Å². The van der Waals surface area contributed by atoms with E-state index >= 15 is 0 Å².